The number of aryl methyl sites for hydroxylation is 1. The zero-order chi connectivity index (χ0) is 8.27. The van der Waals surface area contributed by atoms with Crippen LogP contribution in [0.4, 0.5) is 0 Å². The van der Waals surface area contributed by atoms with Gasteiger partial charge in [-0.15, -0.1) is 0 Å². The summed E-state index contributed by atoms with van der Waals surface area (Å²) >= 11 is 3.49. The number of benzene rings is 1. The maximum absolute atomic E-state index is 3.72. The summed E-state index contributed by atoms with van der Waals surface area (Å²) in [5.41, 5.74) is 2.52. The fraction of sp³-hybridized carbons (Fsp3) is 0.200. The number of rotatable bonds is 2. The van der Waals surface area contributed by atoms with Crippen LogP contribution in [0.1, 0.15) is 18.1 Å². The molecule has 0 aromatic heterocycles. The van der Waals surface area contributed by atoms with Crippen LogP contribution < -0.4 is 0 Å². The van der Waals surface area contributed by atoms with Crippen molar-refractivity contribution in [3.8, 4) is 0 Å². The van der Waals surface area contributed by atoms with Gasteiger partial charge in [-0.05, 0) is 23.6 Å². The van der Waals surface area contributed by atoms with E-state index in [0.717, 1.165) is 6.42 Å². The quantitative estimate of drug-likeness (QED) is 0.700. The second kappa shape index (κ2) is 3.72. The van der Waals surface area contributed by atoms with Gasteiger partial charge in [0.1, 0.15) is 0 Å². The summed E-state index contributed by atoms with van der Waals surface area (Å²) in [4.78, 5) is 0. The Morgan fingerprint density at radius 1 is 1.55 bits per heavy atom. The number of hydrogen-bond donors (Lipinski definition) is 0. The second-order valence-corrected chi connectivity index (χ2v) is 3.26. The molecular formula is C10H11Br. The van der Waals surface area contributed by atoms with Crippen LogP contribution in [0.25, 0.3) is 6.08 Å². The van der Waals surface area contributed by atoms with Crippen LogP contribution in [-0.2, 0) is 6.42 Å². The molecule has 1 heteroatoms. The third-order valence-corrected chi connectivity index (χ3v) is 2.46. The molecule has 11 heavy (non-hydrogen) atoms. The highest BCUT2D eigenvalue weighted by Gasteiger charge is 1.96. The zero-order valence-electron chi connectivity index (χ0n) is 6.60. The lowest BCUT2D eigenvalue weighted by atomic mass is 10.1. The predicted octanol–water partition coefficient (Wildman–Crippen LogP) is 3.65. The Morgan fingerprint density at radius 3 is 2.82 bits per heavy atom. The van der Waals surface area contributed by atoms with Crippen LogP contribution in [0.2, 0.25) is 0 Å². The Balaban J connectivity index is 3.12. The van der Waals surface area contributed by atoms with Gasteiger partial charge >= 0.3 is 0 Å². The summed E-state index contributed by atoms with van der Waals surface area (Å²) in [5, 5.41) is 0. The minimum atomic E-state index is 1.06. The van der Waals surface area contributed by atoms with Crippen molar-refractivity contribution in [2.45, 2.75) is 13.3 Å². The number of hydrogen-bond acceptors (Lipinski definition) is 0. The van der Waals surface area contributed by atoms with Crippen molar-refractivity contribution >= 4 is 22.0 Å². The third kappa shape index (κ3) is 1.93. The van der Waals surface area contributed by atoms with E-state index < -0.39 is 0 Å². The predicted molar refractivity (Wildman–Crippen MR) is 53.6 cm³/mol. The second-order valence-electron chi connectivity index (χ2n) is 2.41. The van der Waals surface area contributed by atoms with E-state index in [1.165, 1.54) is 15.6 Å². The summed E-state index contributed by atoms with van der Waals surface area (Å²) in [6, 6.07) is 6.27. The molecule has 0 fully saturated rings. The van der Waals surface area contributed by atoms with Crippen LogP contribution in [-0.4, -0.2) is 0 Å². The van der Waals surface area contributed by atoms with Gasteiger partial charge in [-0.3, -0.25) is 0 Å². The summed E-state index contributed by atoms with van der Waals surface area (Å²) in [6.45, 7) is 5.87. The summed E-state index contributed by atoms with van der Waals surface area (Å²) in [5.74, 6) is 0. The number of halogens is 1. The van der Waals surface area contributed by atoms with Gasteiger partial charge in [0.2, 0.25) is 0 Å². The molecule has 0 amide bonds. The standard InChI is InChI=1S/C10H11Br/c1-3-8-5-6-10(11)9(4-2)7-8/h3,5-7H,1,4H2,2H3. The minimum absolute atomic E-state index is 1.06. The van der Waals surface area contributed by atoms with Crippen molar-refractivity contribution in [1.29, 1.82) is 0 Å². The van der Waals surface area contributed by atoms with E-state index in [1.807, 2.05) is 6.08 Å². The molecule has 0 N–H and O–H groups in total. The maximum atomic E-state index is 3.72. The van der Waals surface area contributed by atoms with E-state index in [1.54, 1.807) is 0 Å². The highest BCUT2D eigenvalue weighted by Crippen LogP contribution is 2.19. The van der Waals surface area contributed by atoms with Crippen molar-refractivity contribution in [2.24, 2.45) is 0 Å². The van der Waals surface area contributed by atoms with Crippen molar-refractivity contribution in [3.05, 3.63) is 40.4 Å². The van der Waals surface area contributed by atoms with Crippen LogP contribution in [0.15, 0.2) is 29.3 Å². The van der Waals surface area contributed by atoms with E-state index in [2.05, 4.69) is 47.6 Å². The highest BCUT2D eigenvalue weighted by atomic mass is 79.9. The molecule has 0 aliphatic rings. The lowest BCUT2D eigenvalue weighted by molar-refractivity contribution is 1.13. The first-order chi connectivity index (χ1) is 5.27. The van der Waals surface area contributed by atoms with Gasteiger partial charge in [-0.1, -0.05) is 47.6 Å². The summed E-state index contributed by atoms with van der Waals surface area (Å²) < 4.78 is 1.19. The molecule has 0 aliphatic carbocycles. The first kappa shape index (κ1) is 8.54. The Bertz CT molecular complexity index is 264. The molecular weight excluding hydrogens is 200 g/mol. The lowest BCUT2D eigenvalue weighted by Crippen LogP contribution is -1.83. The van der Waals surface area contributed by atoms with Gasteiger partial charge in [-0.2, -0.15) is 0 Å². The maximum Gasteiger partial charge on any atom is 0.0207 e. The zero-order valence-corrected chi connectivity index (χ0v) is 8.19. The average molecular weight is 211 g/mol. The highest BCUT2D eigenvalue weighted by molar-refractivity contribution is 9.10. The van der Waals surface area contributed by atoms with Crippen LogP contribution in [0, 0.1) is 0 Å². The average Bonchev–Trinajstić information content (AvgIpc) is 2.05. The van der Waals surface area contributed by atoms with Gasteiger partial charge in [0.25, 0.3) is 0 Å². The first-order valence-corrected chi connectivity index (χ1v) is 4.48. The van der Waals surface area contributed by atoms with Crippen molar-refractivity contribution < 1.29 is 0 Å². The van der Waals surface area contributed by atoms with Crippen LogP contribution >= 0.6 is 15.9 Å². The van der Waals surface area contributed by atoms with E-state index in [4.69, 9.17) is 0 Å². The largest absolute Gasteiger partial charge is 0.0985 e. The molecule has 58 valence electrons. The van der Waals surface area contributed by atoms with E-state index in [0.29, 0.717) is 0 Å². The molecule has 0 saturated carbocycles. The Hall–Kier alpha value is -0.560. The van der Waals surface area contributed by atoms with E-state index >= 15 is 0 Å². The van der Waals surface area contributed by atoms with Gasteiger partial charge < -0.3 is 0 Å². The molecule has 0 heterocycles. The molecule has 0 nitrogen and oxygen atoms in total. The molecule has 0 saturated heterocycles. The first-order valence-electron chi connectivity index (χ1n) is 3.68. The molecule has 0 radical (unpaired) electrons. The fourth-order valence-corrected chi connectivity index (χ4v) is 1.52. The van der Waals surface area contributed by atoms with Crippen molar-refractivity contribution in [3.63, 3.8) is 0 Å². The van der Waals surface area contributed by atoms with Gasteiger partial charge in [-0.25, -0.2) is 0 Å². The van der Waals surface area contributed by atoms with Crippen molar-refractivity contribution in [1.82, 2.24) is 0 Å². The fourth-order valence-electron chi connectivity index (χ4n) is 0.993. The van der Waals surface area contributed by atoms with Gasteiger partial charge in [0.15, 0.2) is 0 Å². The Labute approximate surface area is 76.1 Å². The SMILES string of the molecule is C=Cc1ccc(Br)c(CC)c1. The Morgan fingerprint density at radius 2 is 2.27 bits per heavy atom. The molecule has 0 aliphatic heterocycles. The van der Waals surface area contributed by atoms with E-state index in [-0.39, 0.29) is 0 Å². The molecule has 0 unspecified atom stereocenters. The normalized spacial score (nSPS) is 9.64. The molecule has 1 rings (SSSR count). The molecule has 1 aromatic carbocycles. The lowest BCUT2D eigenvalue weighted by Gasteiger charge is -2.01. The summed E-state index contributed by atoms with van der Waals surface area (Å²) in [7, 11) is 0. The van der Waals surface area contributed by atoms with Gasteiger partial charge in [0, 0.05) is 4.47 Å². The van der Waals surface area contributed by atoms with Crippen molar-refractivity contribution in [2.75, 3.05) is 0 Å². The van der Waals surface area contributed by atoms with Gasteiger partial charge in [0.05, 0.1) is 0 Å². The molecule has 0 spiro atoms. The molecule has 0 bridgehead atoms. The van der Waals surface area contributed by atoms with E-state index in [9.17, 15) is 0 Å². The topological polar surface area (TPSA) is 0 Å². The minimum Gasteiger partial charge on any atom is -0.0985 e. The molecule has 0 atom stereocenters. The third-order valence-electron chi connectivity index (χ3n) is 1.69. The summed E-state index contributed by atoms with van der Waals surface area (Å²) in [6.07, 6.45) is 2.92. The smallest absolute Gasteiger partial charge is 0.0207 e. The Kier molecular flexibility index (Phi) is 2.89. The monoisotopic (exact) mass is 210 g/mol. The van der Waals surface area contributed by atoms with Crippen LogP contribution in [0.3, 0.4) is 0 Å². The molecule has 1 aromatic rings. The van der Waals surface area contributed by atoms with Crippen LogP contribution in [0.5, 0.6) is 0 Å².